The molecule has 0 aliphatic heterocycles. The summed E-state index contributed by atoms with van der Waals surface area (Å²) in [6, 6.07) is 41.1. The molecule has 5 aromatic carbocycles. The Labute approximate surface area is 404 Å². The van der Waals surface area contributed by atoms with Gasteiger partial charge in [0.05, 0.1) is 13.2 Å². The summed E-state index contributed by atoms with van der Waals surface area (Å²) in [5.41, 5.74) is 4.36. The number of ether oxygens (including phenoxy) is 3. The Bertz CT molecular complexity index is 1680. The van der Waals surface area contributed by atoms with Crippen molar-refractivity contribution in [2.45, 2.75) is 170 Å². The fraction of sp³-hybridized carbons (Fsp3) is 0.581. The quantitative estimate of drug-likeness (QED) is 0.0773. The van der Waals surface area contributed by atoms with Gasteiger partial charge in [0, 0.05) is 26.4 Å². The lowest BCUT2D eigenvalue weighted by Gasteiger charge is -2.08. The first-order valence-electron chi connectivity index (χ1n) is 26.1. The average molecular weight is 898 g/mol. The summed E-state index contributed by atoms with van der Waals surface area (Å²) in [6.45, 7) is 43.7. The molecule has 5 rings (SSSR count). The van der Waals surface area contributed by atoms with E-state index in [2.05, 4.69) is 198 Å². The Hall–Kier alpha value is -3.50. The van der Waals surface area contributed by atoms with Crippen LogP contribution in [0.25, 0.3) is 21.5 Å². The summed E-state index contributed by atoms with van der Waals surface area (Å²) >= 11 is 0. The lowest BCUT2D eigenvalue weighted by Crippen LogP contribution is -2.06. The summed E-state index contributed by atoms with van der Waals surface area (Å²) in [7, 11) is 0. The topological polar surface area (TPSA) is 27.7 Å². The molecule has 65 heavy (non-hydrogen) atoms. The molecule has 0 saturated carbocycles. The maximum absolute atomic E-state index is 5.37. The molecule has 0 aromatic heterocycles. The van der Waals surface area contributed by atoms with Gasteiger partial charge in [-0.1, -0.05) is 240 Å². The predicted octanol–water partition coefficient (Wildman–Crippen LogP) is 19.0. The van der Waals surface area contributed by atoms with Gasteiger partial charge < -0.3 is 14.2 Å². The fourth-order valence-corrected chi connectivity index (χ4v) is 6.18. The Morgan fingerprint density at radius 3 is 1.25 bits per heavy atom. The zero-order valence-corrected chi connectivity index (χ0v) is 45.8. The molecule has 0 bridgehead atoms. The van der Waals surface area contributed by atoms with Crippen molar-refractivity contribution in [1.82, 2.24) is 0 Å². The van der Waals surface area contributed by atoms with E-state index in [-0.39, 0.29) is 0 Å². The zero-order valence-electron chi connectivity index (χ0n) is 45.8. The molecule has 0 atom stereocenters. The van der Waals surface area contributed by atoms with Crippen molar-refractivity contribution in [3.8, 4) is 0 Å². The molecule has 0 N–H and O–H groups in total. The second-order valence-electron chi connectivity index (χ2n) is 17.8. The number of hydrogen-bond donors (Lipinski definition) is 0. The molecular formula is C62H104O3. The van der Waals surface area contributed by atoms with E-state index in [0.29, 0.717) is 0 Å². The molecule has 0 unspecified atom stereocenters. The second kappa shape index (κ2) is 47.0. The van der Waals surface area contributed by atoms with Crippen LogP contribution in [0.2, 0.25) is 0 Å². The van der Waals surface area contributed by atoms with Gasteiger partial charge >= 0.3 is 0 Å². The van der Waals surface area contributed by atoms with E-state index in [9.17, 15) is 0 Å². The molecule has 0 radical (unpaired) electrons. The highest BCUT2D eigenvalue weighted by molar-refractivity contribution is 5.85. The molecule has 0 heterocycles. The van der Waals surface area contributed by atoms with Gasteiger partial charge in [-0.25, -0.2) is 0 Å². The third-order valence-electron chi connectivity index (χ3n) is 9.20. The normalized spacial score (nSPS) is 10.1. The minimum Gasteiger partial charge on any atom is -0.381 e. The van der Waals surface area contributed by atoms with Gasteiger partial charge in [-0.05, 0) is 113 Å². The highest BCUT2D eigenvalue weighted by Gasteiger charge is 2.02. The van der Waals surface area contributed by atoms with Crippen molar-refractivity contribution in [3.63, 3.8) is 0 Å². The van der Waals surface area contributed by atoms with E-state index in [1.807, 2.05) is 41.5 Å². The predicted molar refractivity (Wildman–Crippen MR) is 296 cm³/mol. The van der Waals surface area contributed by atoms with E-state index < -0.39 is 0 Å². The fourth-order valence-electron chi connectivity index (χ4n) is 6.18. The number of benzene rings is 5. The van der Waals surface area contributed by atoms with Crippen LogP contribution in [-0.4, -0.2) is 39.6 Å². The summed E-state index contributed by atoms with van der Waals surface area (Å²) in [4.78, 5) is 0. The van der Waals surface area contributed by atoms with Gasteiger partial charge in [0.15, 0.2) is 0 Å². The van der Waals surface area contributed by atoms with Crippen LogP contribution < -0.4 is 0 Å². The summed E-state index contributed by atoms with van der Waals surface area (Å²) in [5.74, 6) is 3.74. The van der Waals surface area contributed by atoms with Crippen LogP contribution in [0.1, 0.15) is 167 Å². The van der Waals surface area contributed by atoms with Gasteiger partial charge in [-0.3, -0.25) is 0 Å². The van der Waals surface area contributed by atoms with Crippen LogP contribution in [0.15, 0.2) is 115 Å². The second-order valence-corrected chi connectivity index (χ2v) is 17.8. The van der Waals surface area contributed by atoms with E-state index in [1.165, 1.54) is 63.9 Å². The van der Waals surface area contributed by atoms with Gasteiger partial charge in [-0.15, -0.1) is 0 Å². The molecule has 0 saturated heterocycles. The Kier molecular flexibility index (Phi) is 47.6. The monoisotopic (exact) mass is 897 g/mol. The van der Waals surface area contributed by atoms with Crippen molar-refractivity contribution in [3.05, 3.63) is 132 Å². The Morgan fingerprint density at radius 1 is 0.338 bits per heavy atom. The first-order valence-corrected chi connectivity index (χ1v) is 26.1. The van der Waals surface area contributed by atoms with Gasteiger partial charge in [0.1, 0.15) is 0 Å². The molecule has 3 nitrogen and oxygen atoms in total. The number of fused-ring (bicyclic) bond motifs is 2. The lowest BCUT2D eigenvalue weighted by atomic mass is 9.97. The Morgan fingerprint density at radius 2 is 0.754 bits per heavy atom. The van der Waals surface area contributed by atoms with E-state index >= 15 is 0 Å². The summed E-state index contributed by atoms with van der Waals surface area (Å²) < 4.78 is 15.9. The SMILES string of the molecule is CC.CC.CC.CC(C)Cc1ccc2ccccc2c1.CC(C)Cc1cccc2ccccc12.CC(C)Cc1ccccc1.CCCOCCC(C)C.CCCOCCOCCC(C)C. The third-order valence-corrected chi connectivity index (χ3v) is 9.20. The van der Waals surface area contributed by atoms with E-state index in [4.69, 9.17) is 14.2 Å². The third kappa shape index (κ3) is 39.4. The Balaban J connectivity index is -0.000000724. The van der Waals surface area contributed by atoms with Gasteiger partial charge in [-0.2, -0.15) is 0 Å². The minimum absolute atomic E-state index is 0.723. The van der Waals surface area contributed by atoms with Crippen molar-refractivity contribution in [2.24, 2.45) is 29.6 Å². The highest BCUT2D eigenvalue weighted by Crippen LogP contribution is 2.21. The van der Waals surface area contributed by atoms with E-state index in [0.717, 1.165) is 88.5 Å². The van der Waals surface area contributed by atoms with E-state index in [1.54, 1.807) is 0 Å². The molecule has 5 aromatic rings. The largest absolute Gasteiger partial charge is 0.381 e. The van der Waals surface area contributed by atoms with Crippen LogP contribution in [0.5, 0.6) is 0 Å². The molecule has 0 spiro atoms. The summed E-state index contributed by atoms with van der Waals surface area (Å²) in [5, 5.41) is 5.44. The van der Waals surface area contributed by atoms with Crippen molar-refractivity contribution in [2.75, 3.05) is 39.6 Å². The maximum Gasteiger partial charge on any atom is 0.0700 e. The van der Waals surface area contributed by atoms with Crippen molar-refractivity contribution < 1.29 is 14.2 Å². The van der Waals surface area contributed by atoms with Gasteiger partial charge in [0.25, 0.3) is 0 Å². The zero-order chi connectivity index (χ0) is 49.7. The highest BCUT2D eigenvalue weighted by atomic mass is 16.5. The van der Waals surface area contributed by atoms with Crippen molar-refractivity contribution in [1.29, 1.82) is 0 Å². The van der Waals surface area contributed by atoms with Crippen LogP contribution in [0.4, 0.5) is 0 Å². The van der Waals surface area contributed by atoms with Crippen LogP contribution >= 0.6 is 0 Å². The summed E-state index contributed by atoms with van der Waals surface area (Å²) in [6.07, 6.45) is 8.10. The molecule has 0 aliphatic carbocycles. The first-order chi connectivity index (χ1) is 31.4. The maximum atomic E-state index is 5.37. The molecule has 0 fully saturated rings. The lowest BCUT2D eigenvalue weighted by molar-refractivity contribution is 0.0442. The minimum atomic E-state index is 0.723. The van der Waals surface area contributed by atoms with Crippen LogP contribution in [-0.2, 0) is 33.5 Å². The molecule has 3 heteroatoms. The molecule has 0 amide bonds. The van der Waals surface area contributed by atoms with Crippen LogP contribution in [0.3, 0.4) is 0 Å². The van der Waals surface area contributed by atoms with Crippen molar-refractivity contribution >= 4 is 21.5 Å². The first kappa shape index (κ1) is 65.8. The number of hydrogen-bond acceptors (Lipinski definition) is 3. The molecular weight excluding hydrogens is 793 g/mol. The molecule has 0 aliphatic rings. The van der Waals surface area contributed by atoms with Gasteiger partial charge in [0.2, 0.25) is 0 Å². The van der Waals surface area contributed by atoms with Crippen LogP contribution in [0, 0.1) is 29.6 Å². The average Bonchev–Trinajstić information content (AvgIpc) is 3.30. The smallest absolute Gasteiger partial charge is 0.0700 e. The standard InChI is InChI=1S/2C14H16.C10H22O2.C10H14.C8H18O.3C2H6/c1-11(2)10-13-8-5-7-12-6-3-4-9-14(12)13;1-11(2)9-12-7-8-13-5-3-4-6-14(13)10-12;1-4-6-11-8-9-12-7-5-10(2)3;1-9(2)8-10-6-4-3-5-7-10;1-4-6-9-7-5-8(2)3;3*1-2/h3-9,11H,10H2,1-2H3;3-8,10-11H,9H2,1-2H3;10H,4-9H2,1-3H3;3-7,9H,8H2,1-2H3;8H,4-7H2,1-3H3;3*1-2H3. The molecule has 370 valence electrons. The number of rotatable bonds is 19.